The van der Waals surface area contributed by atoms with Crippen LogP contribution in [0.1, 0.15) is 16.1 Å². The van der Waals surface area contributed by atoms with Gasteiger partial charge in [0.15, 0.2) is 5.76 Å². The highest BCUT2D eigenvalue weighted by atomic mass is 35.5. The van der Waals surface area contributed by atoms with Crippen molar-refractivity contribution < 1.29 is 9.21 Å². The molecule has 1 amide bonds. The Kier molecular flexibility index (Phi) is 3.99. The number of nitrogens with one attached hydrogen (secondary N) is 1. The first-order chi connectivity index (χ1) is 12.1. The minimum atomic E-state index is -0.298. The molecule has 0 atom stereocenters. The summed E-state index contributed by atoms with van der Waals surface area (Å²) in [4.78, 5) is 12.5. The van der Waals surface area contributed by atoms with Crippen LogP contribution in [-0.2, 0) is 0 Å². The van der Waals surface area contributed by atoms with Gasteiger partial charge in [-0.25, -0.2) is 0 Å². The lowest BCUT2D eigenvalue weighted by Gasteiger charge is -2.04. The van der Waals surface area contributed by atoms with E-state index >= 15 is 0 Å². The van der Waals surface area contributed by atoms with E-state index in [0.29, 0.717) is 16.3 Å². The summed E-state index contributed by atoms with van der Waals surface area (Å²) < 4.78 is 9.53. The highest BCUT2D eigenvalue weighted by Crippen LogP contribution is 2.28. The van der Waals surface area contributed by atoms with Gasteiger partial charge in [0.05, 0.1) is 0 Å². The van der Waals surface area contributed by atoms with Crippen LogP contribution in [0, 0.1) is 6.92 Å². The van der Waals surface area contributed by atoms with Crippen LogP contribution in [0.3, 0.4) is 0 Å². The predicted octanol–water partition coefficient (Wildman–Crippen LogP) is 5.17. The molecule has 4 rings (SSSR count). The monoisotopic (exact) mass is 369 g/mol. The fourth-order valence-electron chi connectivity index (χ4n) is 2.61. The molecule has 7 heteroatoms. The van der Waals surface area contributed by atoms with E-state index in [2.05, 4.69) is 14.9 Å². The first-order valence-electron chi connectivity index (χ1n) is 7.49. The maximum atomic E-state index is 12.5. The topological polar surface area (TPSA) is 68.0 Å². The molecule has 0 bridgehead atoms. The molecule has 25 heavy (non-hydrogen) atoms. The Bertz CT molecular complexity index is 1060. The maximum Gasteiger partial charge on any atom is 0.291 e. The van der Waals surface area contributed by atoms with E-state index in [1.807, 2.05) is 36.6 Å². The van der Waals surface area contributed by atoms with Gasteiger partial charge >= 0.3 is 0 Å². The number of fused-ring (bicyclic) bond motifs is 1. The number of hydrogen-bond donors (Lipinski definition) is 1. The molecule has 4 aromatic rings. The van der Waals surface area contributed by atoms with E-state index in [0.717, 1.165) is 22.2 Å². The quantitative estimate of drug-likeness (QED) is 0.541. The van der Waals surface area contributed by atoms with Crippen LogP contribution in [0.25, 0.3) is 22.2 Å². The van der Waals surface area contributed by atoms with Crippen LogP contribution < -0.4 is 5.32 Å². The number of amides is 1. The summed E-state index contributed by atoms with van der Waals surface area (Å²) in [5.41, 5.74) is 3.84. The molecule has 0 saturated heterocycles. The fourth-order valence-corrected chi connectivity index (χ4v) is 3.25. The molecule has 0 spiro atoms. The number of halogens is 1. The van der Waals surface area contributed by atoms with Crippen molar-refractivity contribution in [1.29, 1.82) is 0 Å². The van der Waals surface area contributed by atoms with Crippen molar-refractivity contribution in [2.24, 2.45) is 0 Å². The van der Waals surface area contributed by atoms with Gasteiger partial charge in [0.1, 0.15) is 11.3 Å². The van der Waals surface area contributed by atoms with Gasteiger partial charge in [-0.15, -0.1) is 5.10 Å². The molecule has 0 aliphatic heterocycles. The summed E-state index contributed by atoms with van der Waals surface area (Å²) in [5.74, 6) is -0.0158. The molecule has 0 fully saturated rings. The van der Waals surface area contributed by atoms with Crippen molar-refractivity contribution in [3.8, 4) is 11.3 Å². The molecule has 2 heterocycles. The van der Waals surface area contributed by atoms with Gasteiger partial charge in [0.2, 0.25) is 0 Å². The van der Waals surface area contributed by atoms with Crippen LogP contribution in [0.2, 0.25) is 5.02 Å². The number of hydrogen-bond acceptors (Lipinski definition) is 5. The second kappa shape index (κ2) is 6.31. The number of rotatable bonds is 3. The van der Waals surface area contributed by atoms with Crippen molar-refractivity contribution in [2.45, 2.75) is 6.92 Å². The van der Waals surface area contributed by atoms with E-state index < -0.39 is 0 Å². The Labute approximate surface area is 152 Å². The molecule has 2 aromatic carbocycles. The van der Waals surface area contributed by atoms with E-state index in [4.69, 9.17) is 16.0 Å². The number of anilines is 1. The molecule has 1 N–H and O–H groups in total. The SMILES string of the molecule is Cc1c(C(=O)Nc2ccc(-c3csnn3)cc2)oc2ccc(Cl)cc12. The number of aryl methyl sites for hydroxylation is 1. The average Bonchev–Trinajstić information content (AvgIpc) is 3.25. The van der Waals surface area contributed by atoms with Crippen LogP contribution in [-0.4, -0.2) is 15.5 Å². The molecule has 5 nitrogen and oxygen atoms in total. The van der Waals surface area contributed by atoms with Crippen LogP contribution in [0.4, 0.5) is 5.69 Å². The Morgan fingerprint density at radius 1 is 1.20 bits per heavy atom. The standard InChI is InChI=1S/C18H12ClN3O2S/c1-10-14-8-12(19)4-7-16(14)24-17(10)18(23)20-13-5-2-11(3-6-13)15-9-25-22-21-15/h2-9H,1H3,(H,20,23). The number of nitrogens with zero attached hydrogens (tertiary/aromatic N) is 2. The highest BCUT2D eigenvalue weighted by molar-refractivity contribution is 7.03. The minimum absolute atomic E-state index is 0.282. The fraction of sp³-hybridized carbons (Fsp3) is 0.0556. The zero-order valence-corrected chi connectivity index (χ0v) is 14.7. The number of aromatic nitrogens is 2. The third kappa shape index (κ3) is 3.01. The van der Waals surface area contributed by atoms with Gasteiger partial charge in [-0.3, -0.25) is 4.79 Å². The van der Waals surface area contributed by atoms with E-state index in [1.165, 1.54) is 11.5 Å². The molecular weight excluding hydrogens is 358 g/mol. The number of furan rings is 1. The molecule has 0 unspecified atom stereocenters. The Morgan fingerprint density at radius 3 is 2.72 bits per heavy atom. The van der Waals surface area contributed by atoms with Gasteiger partial charge in [-0.1, -0.05) is 28.2 Å². The largest absolute Gasteiger partial charge is 0.451 e. The lowest BCUT2D eigenvalue weighted by molar-refractivity contribution is 0.0998. The van der Waals surface area contributed by atoms with Gasteiger partial charge in [-0.05, 0) is 48.8 Å². The van der Waals surface area contributed by atoms with Gasteiger partial charge in [-0.2, -0.15) is 0 Å². The zero-order chi connectivity index (χ0) is 17.4. The van der Waals surface area contributed by atoms with Gasteiger partial charge < -0.3 is 9.73 Å². The Balaban J connectivity index is 1.59. The van der Waals surface area contributed by atoms with Crippen molar-refractivity contribution in [2.75, 3.05) is 5.32 Å². The van der Waals surface area contributed by atoms with Crippen LogP contribution >= 0.6 is 23.1 Å². The molecule has 0 aliphatic rings. The van der Waals surface area contributed by atoms with Crippen molar-refractivity contribution in [3.63, 3.8) is 0 Å². The van der Waals surface area contributed by atoms with Gasteiger partial charge in [0.25, 0.3) is 5.91 Å². The van der Waals surface area contributed by atoms with Crippen LogP contribution in [0.5, 0.6) is 0 Å². The molecule has 0 aliphatic carbocycles. The average molecular weight is 370 g/mol. The smallest absolute Gasteiger partial charge is 0.291 e. The molecule has 124 valence electrons. The molecule has 0 radical (unpaired) electrons. The summed E-state index contributed by atoms with van der Waals surface area (Å²) in [5, 5.41) is 10.2. The molecular formula is C18H12ClN3O2S. The first-order valence-corrected chi connectivity index (χ1v) is 8.71. The van der Waals surface area contributed by atoms with Crippen molar-refractivity contribution in [1.82, 2.24) is 9.59 Å². The number of carbonyl (C=O) groups is 1. The maximum absolute atomic E-state index is 12.5. The summed E-state index contributed by atoms with van der Waals surface area (Å²) in [6.45, 7) is 1.84. The highest BCUT2D eigenvalue weighted by Gasteiger charge is 2.18. The Morgan fingerprint density at radius 2 is 2.00 bits per heavy atom. The first kappa shape index (κ1) is 15.8. The summed E-state index contributed by atoms with van der Waals surface area (Å²) in [6, 6.07) is 12.7. The summed E-state index contributed by atoms with van der Waals surface area (Å²) >= 11 is 7.31. The molecule has 2 aromatic heterocycles. The van der Waals surface area contributed by atoms with E-state index in [9.17, 15) is 4.79 Å². The third-order valence-electron chi connectivity index (χ3n) is 3.90. The number of benzene rings is 2. The number of carbonyl (C=O) groups excluding carboxylic acids is 1. The van der Waals surface area contributed by atoms with Gasteiger partial charge in [0, 0.05) is 32.6 Å². The van der Waals surface area contributed by atoms with E-state index in [1.54, 1.807) is 18.2 Å². The lowest BCUT2D eigenvalue weighted by atomic mass is 10.1. The van der Waals surface area contributed by atoms with Crippen LogP contribution in [0.15, 0.2) is 52.3 Å². The zero-order valence-electron chi connectivity index (χ0n) is 13.1. The third-order valence-corrected chi connectivity index (χ3v) is 4.64. The van der Waals surface area contributed by atoms with Crippen molar-refractivity contribution in [3.05, 3.63) is 64.2 Å². The van der Waals surface area contributed by atoms with Crippen molar-refractivity contribution >= 4 is 45.7 Å². The Hall–Kier alpha value is -2.70. The van der Waals surface area contributed by atoms with E-state index in [-0.39, 0.29) is 11.7 Å². The predicted molar refractivity (Wildman–Crippen MR) is 99.3 cm³/mol. The second-order valence-corrected chi connectivity index (χ2v) is 6.56. The summed E-state index contributed by atoms with van der Waals surface area (Å²) in [6.07, 6.45) is 0. The molecule has 0 saturated carbocycles. The second-order valence-electron chi connectivity index (χ2n) is 5.52. The summed E-state index contributed by atoms with van der Waals surface area (Å²) in [7, 11) is 0. The minimum Gasteiger partial charge on any atom is -0.451 e. The lowest BCUT2D eigenvalue weighted by Crippen LogP contribution is -2.11. The normalized spacial score (nSPS) is 11.0.